The van der Waals surface area contributed by atoms with E-state index in [2.05, 4.69) is 10.6 Å². The summed E-state index contributed by atoms with van der Waals surface area (Å²) in [5, 5.41) is 5.38. The molecule has 9 heteroatoms. The van der Waals surface area contributed by atoms with Gasteiger partial charge in [0, 0.05) is 22.3 Å². The number of halogens is 4. The third-order valence-corrected chi connectivity index (χ3v) is 4.30. The molecule has 0 atom stereocenters. The summed E-state index contributed by atoms with van der Waals surface area (Å²) in [5.41, 5.74) is 0.114. The normalized spacial score (nSPS) is 11.5. The number of thiocarbonyl (C=S) groups is 1. The van der Waals surface area contributed by atoms with E-state index in [0.717, 1.165) is 17.7 Å². The quantitative estimate of drug-likeness (QED) is 0.370. The number of hydrogen-bond donors (Lipinski definition) is 2. The van der Waals surface area contributed by atoms with Crippen LogP contribution in [-0.4, -0.2) is 11.0 Å². The number of hydrogen-bond acceptors (Lipinski definition) is 3. The molecule has 2 N–H and O–H groups in total. The fraction of sp³-hybridized carbons (Fsp3) is 0.0476. The number of amides is 1. The van der Waals surface area contributed by atoms with Crippen LogP contribution >= 0.6 is 23.8 Å². The second-order valence-corrected chi connectivity index (χ2v) is 6.91. The van der Waals surface area contributed by atoms with E-state index in [1.165, 1.54) is 24.3 Å². The zero-order valence-electron chi connectivity index (χ0n) is 15.2. The van der Waals surface area contributed by atoms with Gasteiger partial charge in [0.1, 0.15) is 11.5 Å². The van der Waals surface area contributed by atoms with Crippen molar-refractivity contribution in [2.24, 2.45) is 0 Å². The second kappa shape index (κ2) is 9.15. The van der Waals surface area contributed by atoms with Crippen LogP contribution in [0.2, 0.25) is 5.02 Å². The lowest BCUT2D eigenvalue weighted by Crippen LogP contribution is -2.32. The van der Waals surface area contributed by atoms with Gasteiger partial charge in [0.05, 0.1) is 5.56 Å². The van der Waals surface area contributed by atoms with Crippen LogP contribution < -0.4 is 10.6 Å². The highest BCUT2D eigenvalue weighted by Gasteiger charge is 2.30. The first-order valence-corrected chi connectivity index (χ1v) is 9.32. The molecular formula is C21H14ClF3N2O2S. The third-order valence-electron chi connectivity index (χ3n) is 3.84. The third kappa shape index (κ3) is 5.95. The van der Waals surface area contributed by atoms with Crippen LogP contribution in [-0.2, 0) is 11.0 Å². The standard InChI is InChI=1S/C21H14ClF3N2O2S/c22-15-6-4-13(5-7-15)18-10-8-17(29-18)9-11-19(28)27-20(30)26-16-3-1-2-14(12-16)21(23,24)25/h1-12H,(H2,26,27,28,30). The summed E-state index contributed by atoms with van der Waals surface area (Å²) in [7, 11) is 0. The molecule has 2 aromatic carbocycles. The minimum atomic E-state index is -4.47. The zero-order chi connectivity index (χ0) is 21.7. The Bertz CT molecular complexity index is 1090. The molecule has 0 aliphatic rings. The predicted molar refractivity (Wildman–Crippen MR) is 114 cm³/mol. The van der Waals surface area contributed by atoms with E-state index < -0.39 is 17.6 Å². The first-order valence-electron chi connectivity index (χ1n) is 8.54. The van der Waals surface area contributed by atoms with Crippen molar-refractivity contribution in [1.82, 2.24) is 5.32 Å². The lowest BCUT2D eigenvalue weighted by molar-refractivity contribution is -0.137. The highest BCUT2D eigenvalue weighted by atomic mass is 35.5. The van der Waals surface area contributed by atoms with Crippen molar-refractivity contribution in [2.75, 3.05) is 5.32 Å². The Labute approximate surface area is 180 Å². The van der Waals surface area contributed by atoms with Gasteiger partial charge in [-0.25, -0.2) is 0 Å². The van der Waals surface area contributed by atoms with Crippen molar-refractivity contribution in [3.8, 4) is 11.3 Å². The summed E-state index contributed by atoms with van der Waals surface area (Å²) in [4.78, 5) is 12.0. The van der Waals surface area contributed by atoms with Gasteiger partial charge in [-0.1, -0.05) is 17.7 Å². The Balaban J connectivity index is 1.57. The van der Waals surface area contributed by atoms with Crippen LogP contribution in [0.25, 0.3) is 17.4 Å². The summed E-state index contributed by atoms with van der Waals surface area (Å²) in [6.07, 6.45) is -1.83. The fourth-order valence-corrected chi connectivity index (χ4v) is 2.80. The smallest absolute Gasteiger partial charge is 0.416 e. The number of anilines is 1. The first-order chi connectivity index (χ1) is 14.2. The van der Waals surface area contributed by atoms with Gasteiger partial charge in [-0.15, -0.1) is 0 Å². The summed E-state index contributed by atoms with van der Waals surface area (Å²) in [6, 6.07) is 15.0. The van der Waals surface area contributed by atoms with Gasteiger partial charge in [0.25, 0.3) is 0 Å². The van der Waals surface area contributed by atoms with Gasteiger partial charge in [-0.05, 0) is 72.9 Å². The first kappa shape index (κ1) is 21.6. The van der Waals surface area contributed by atoms with Crippen molar-refractivity contribution >= 4 is 46.6 Å². The molecule has 30 heavy (non-hydrogen) atoms. The maximum absolute atomic E-state index is 12.8. The average molecular weight is 451 g/mol. The van der Waals surface area contributed by atoms with Gasteiger partial charge in [-0.3, -0.25) is 10.1 Å². The van der Waals surface area contributed by atoms with Crippen molar-refractivity contribution < 1.29 is 22.4 Å². The number of alkyl halides is 3. The molecule has 3 rings (SSSR count). The molecule has 1 amide bonds. The molecule has 0 unspecified atom stereocenters. The van der Waals surface area contributed by atoms with Gasteiger partial charge in [-0.2, -0.15) is 13.2 Å². The van der Waals surface area contributed by atoms with E-state index >= 15 is 0 Å². The van der Waals surface area contributed by atoms with Gasteiger partial charge < -0.3 is 9.73 Å². The summed E-state index contributed by atoms with van der Waals surface area (Å²) >= 11 is 10.8. The molecule has 1 aromatic heterocycles. The van der Waals surface area contributed by atoms with Gasteiger partial charge in [0.2, 0.25) is 5.91 Å². The van der Waals surface area contributed by atoms with Crippen molar-refractivity contribution in [2.45, 2.75) is 6.18 Å². The van der Waals surface area contributed by atoms with Crippen LogP contribution in [0.1, 0.15) is 11.3 Å². The minimum Gasteiger partial charge on any atom is -0.457 e. The Kier molecular flexibility index (Phi) is 6.59. The number of rotatable bonds is 4. The lowest BCUT2D eigenvalue weighted by Gasteiger charge is -2.11. The molecule has 0 aliphatic heterocycles. The topological polar surface area (TPSA) is 54.3 Å². The van der Waals surface area contributed by atoms with Crippen LogP contribution in [0.4, 0.5) is 18.9 Å². The molecule has 0 bridgehead atoms. The summed E-state index contributed by atoms with van der Waals surface area (Å²) in [6.45, 7) is 0. The van der Waals surface area contributed by atoms with E-state index in [1.807, 2.05) is 0 Å². The number of furan rings is 1. The number of carbonyl (C=O) groups excluding carboxylic acids is 1. The highest BCUT2D eigenvalue weighted by molar-refractivity contribution is 7.80. The highest BCUT2D eigenvalue weighted by Crippen LogP contribution is 2.30. The SMILES string of the molecule is O=C(C=Cc1ccc(-c2ccc(Cl)cc2)o1)NC(=S)Nc1cccc(C(F)(F)F)c1. The number of benzene rings is 2. The van der Waals surface area contributed by atoms with Crippen LogP contribution in [0.3, 0.4) is 0 Å². The minimum absolute atomic E-state index is 0.109. The second-order valence-electron chi connectivity index (χ2n) is 6.06. The van der Waals surface area contributed by atoms with Gasteiger partial charge in [0.15, 0.2) is 5.11 Å². The molecule has 1 heterocycles. The Hall–Kier alpha value is -3.10. The molecule has 0 saturated heterocycles. The molecule has 0 aliphatic carbocycles. The summed E-state index contributed by atoms with van der Waals surface area (Å²) < 4.78 is 43.9. The Morgan fingerprint density at radius 2 is 1.80 bits per heavy atom. The monoisotopic (exact) mass is 450 g/mol. The predicted octanol–water partition coefficient (Wildman–Crippen LogP) is 6.15. The van der Waals surface area contributed by atoms with Crippen molar-refractivity contribution in [1.29, 1.82) is 0 Å². The Morgan fingerprint density at radius 3 is 2.50 bits per heavy atom. The maximum Gasteiger partial charge on any atom is 0.416 e. The van der Waals surface area contributed by atoms with E-state index in [1.54, 1.807) is 36.4 Å². The van der Waals surface area contributed by atoms with E-state index in [9.17, 15) is 18.0 Å². The molecule has 4 nitrogen and oxygen atoms in total. The maximum atomic E-state index is 12.8. The zero-order valence-corrected chi connectivity index (χ0v) is 16.7. The van der Waals surface area contributed by atoms with Crippen molar-refractivity contribution in [3.63, 3.8) is 0 Å². The number of carbonyl (C=O) groups is 1. The summed E-state index contributed by atoms with van der Waals surface area (Å²) in [5.74, 6) is 0.476. The molecule has 154 valence electrons. The molecule has 0 fully saturated rings. The van der Waals surface area contributed by atoms with E-state index in [-0.39, 0.29) is 10.8 Å². The average Bonchev–Trinajstić information content (AvgIpc) is 3.15. The molecule has 0 spiro atoms. The molecule has 3 aromatic rings. The van der Waals surface area contributed by atoms with Crippen LogP contribution in [0.5, 0.6) is 0 Å². The fourth-order valence-electron chi connectivity index (χ4n) is 2.46. The van der Waals surface area contributed by atoms with Crippen LogP contribution in [0.15, 0.2) is 71.2 Å². The molecule has 0 saturated carbocycles. The Morgan fingerprint density at radius 1 is 1.07 bits per heavy atom. The largest absolute Gasteiger partial charge is 0.457 e. The number of nitrogens with one attached hydrogen (secondary N) is 2. The van der Waals surface area contributed by atoms with Crippen LogP contribution in [0, 0.1) is 0 Å². The van der Waals surface area contributed by atoms with E-state index in [0.29, 0.717) is 16.5 Å². The van der Waals surface area contributed by atoms with E-state index in [4.69, 9.17) is 28.2 Å². The molecular weight excluding hydrogens is 437 g/mol. The van der Waals surface area contributed by atoms with Crippen molar-refractivity contribution in [3.05, 3.63) is 83.1 Å². The van der Waals surface area contributed by atoms with Gasteiger partial charge >= 0.3 is 6.18 Å². The molecule has 0 radical (unpaired) electrons. The lowest BCUT2D eigenvalue weighted by atomic mass is 10.2.